The predicted octanol–water partition coefficient (Wildman–Crippen LogP) is 4.23. The molecule has 0 unspecified atom stereocenters. The van der Waals surface area contributed by atoms with E-state index in [9.17, 15) is 39.6 Å². The van der Waals surface area contributed by atoms with Crippen LogP contribution in [0.3, 0.4) is 0 Å². The van der Waals surface area contributed by atoms with E-state index in [1.807, 2.05) is 0 Å². The van der Waals surface area contributed by atoms with Crippen molar-refractivity contribution in [2.45, 2.75) is 108 Å². The van der Waals surface area contributed by atoms with Crippen molar-refractivity contribution in [3.63, 3.8) is 0 Å². The summed E-state index contributed by atoms with van der Waals surface area (Å²) in [6, 6.07) is 4.80. The number of aliphatic hydroxyl groups excluding tert-OH is 1. The highest BCUT2D eigenvalue weighted by Gasteiger charge is 2.47. The number of carboxylic acids is 1. The Kier molecular flexibility index (Phi) is 18.0. The zero-order valence-corrected chi connectivity index (χ0v) is 25.1. The highest BCUT2D eigenvalue weighted by Crippen LogP contribution is 2.25. The zero-order valence-electron chi connectivity index (χ0n) is 25.1. The van der Waals surface area contributed by atoms with Gasteiger partial charge in [-0.15, -0.1) is 0 Å². The number of methoxy groups -OCH3 is 1. The van der Waals surface area contributed by atoms with Gasteiger partial charge in [0.05, 0.1) is 13.0 Å². The molecular weight excluding hydrogens is 542 g/mol. The summed E-state index contributed by atoms with van der Waals surface area (Å²) >= 11 is 0. The maximum absolute atomic E-state index is 13.3. The van der Waals surface area contributed by atoms with Crippen LogP contribution in [0.1, 0.15) is 96.0 Å². The number of ether oxygens (including phenoxy) is 1. The maximum Gasteiger partial charge on any atom is 0.336 e. The molecule has 0 saturated heterocycles. The zero-order chi connectivity index (χ0) is 31.4. The fourth-order valence-electron chi connectivity index (χ4n) is 4.72. The summed E-state index contributed by atoms with van der Waals surface area (Å²) in [7, 11) is 1.15. The van der Waals surface area contributed by atoms with Gasteiger partial charge in [-0.05, 0) is 43.4 Å². The van der Waals surface area contributed by atoms with E-state index in [0.717, 1.165) is 45.6 Å². The SMILES string of the molecule is CCCCCCCC(=O)CCCCCC/C=C/[C@H](C(=O)N[C@@H](Cc1ccc(O)cc1)C(=O)OC)[C@@](O)(CCO)C(=O)O. The largest absolute Gasteiger partial charge is 0.508 e. The van der Waals surface area contributed by atoms with E-state index in [0.29, 0.717) is 30.6 Å². The number of hydrogen-bond acceptors (Lipinski definition) is 8. The van der Waals surface area contributed by atoms with Crippen molar-refractivity contribution in [2.75, 3.05) is 13.7 Å². The van der Waals surface area contributed by atoms with E-state index in [2.05, 4.69) is 12.2 Å². The minimum Gasteiger partial charge on any atom is -0.508 e. The summed E-state index contributed by atoms with van der Waals surface area (Å²) in [4.78, 5) is 49.8. The number of ketones is 1. The first-order chi connectivity index (χ1) is 20.1. The summed E-state index contributed by atoms with van der Waals surface area (Å²) in [5, 5.41) is 42.1. The lowest BCUT2D eigenvalue weighted by Gasteiger charge is -2.30. The van der Waals surface area contributed by atoms with Crippen LogP contribution in [0.4, 0.5) is 0 Å². The summed E-state index contributed by atoms with van der Waals surface area (Å²) < 4.78 is 4.80. The lowest BCUT2D eigenvalue weighted by molar-refractivity contribution is -0.168. The third-order valence-corrected chi connectivity index (χ3v) is 7.30. The molecule has 0 spiro atoms. The normalized spacial score (nSPS) is 14.2. The predicted molar refractivity (Wildman–Crippen MR) is 159 cm³/mol. The van der Waals surface area contributed by atoms with Gasteiger partial charge in [0.25, 0.3) is 0 Å². The minimum absolute atomic E-state index is 0.00197. The first kappa shape index (κ1) is 36.8. The number of esters is 1. The molecule has 1 rings (SSSR count). The molecule has 0 radical (unpaired) electrons. The molecule has 0 aliphatic rings. The number of aliphatic carboxylic acids is 1. The molecule has 0 bridgehead atoms. The smallest absolute Gasteiger partial charge is 0.336 e. The standard InChI is InChI=1S/C32H49NO9/c1-3-4-5-8-11-14-25(35)15-12-9-6-7-10-13-16-27(32(41,21-22-34)31(39)40)29(37)33-28(30(38)42-2)23-24-17-19-26(36)20-18-24/h13,16-20,27-28,34,36,41H,3-12,14-15,21-23H2,1-2H3,(H,33,37)(H,39,40)/b16-13+/t27-,28+,32+/m1/s1. The quantitative estimate of drug-likeness (QED) is 0.0710. The van der Waals surface area contributed by atoms with Crippen molar-refractivity contribution in [1.82, 2.24) is 5.32 Å². The van der Waals surface area contributed by atoms with Gasteiger partial charge in [0.15, 0.2) is 5.60 Å². The third kappa shape index (κ3) is 13.6. The second kappa shape index (κ2) is 20.6. The van der Waals surface area contributed by atoms with E-state index in [-0.39, 0.29) is 12.2 Å². The van der Waals surface area contributed by atoms with Crippen LogP contribution in [0.15, 0.2) is 36.4 Å². The van der Waals surface area contributed by atoms with Crippen molar-refractivity contribution in [1.29, 1.82) is 0 Å². The van der Waals surface area contributed by atoms with Crippen LogP contribution >= 0.6 is 0 Å². The molecular formula is C32H49NO9. The monoisotopic (exact) mass is 591 g/mol. The van der Waals surface area contributed by atoms with Crippen molar-refractivity contribution >= 4 is 23.6 Å². The average molecular weight is 592 g/mol. The Balaban J connectivity index is 2.76. The minimum atomic E-state index is -2.61. The molecule has 0 fully saturated rings. The molecule has 0 heterocycles. The number of amides is 1. The molecule has 0 aromatic heterocycles. The van der Waals surface area contributed by atoms with Gasteiger partial charge in [0.2, 0.25) is 5.91 Å². The van der Waals surface area contributed by atoms with Crippen molar-refractivity contribution in [2.24, 2.45) is 5.92 Å². The lowest BCUT2D eigenvalue weighted by Crippen LogP contribution is -2.55. The number of carboxylic acid groups (broad SMARTS) is 1. The Bertz CT molecular complexity index is 992. The molecule has 1 amide bonds. The van der Waals surface area contributed by atoms with Crippen molar-refractivity contribution < 1.29 is 44.3 Å². The molecule has 10 heteroatoms. The Morgan fingerprint density at radius 1 is 0.952 bits per heavy atom. The molecule has 5 N–H and O–H groups in total. The molecule has 1 aromatic carbocycles. The Morgan fingerprint density at radius 3 is 2.10 bits per heavy atom. The summed E-state index contributed by atoms with van der Waals surface area (Å²) in [5.41, 5.74) is -2.00. The van der Waals surface area contributed by atoms with E-state index < -0.39 is 48.4 Å². The van der Waals surface area contributed by atoms with Crippen LogP contribution in [0.2, 0.25) is 0 Å². The van der Waals surface area contributed by atoms with Crippen molar-refractivity contribution in [3.05, 3.63) is 42.0 Å². The van der Waals surface area contributed by atoms with Crippen LogP contribution in [-0.2, 0) is 30.3 Å². The Labute approximate surface area is 249 Å². The van der Waals surface area contributed by atoms with Gasteiger partial charge in [-0.25, -0.2) is 9.59 Å². The third-order valence-electron chi connectivity index (χ3n) is 7.30. The van der Waals surface area contributed by atoms with Gasteiger partial charge >= 0.3 is 11.9 Å². The van der Waals surface area contributed by atoms with Crippen LogP contribution in [-0.4, -0.2) is 69.4 Å². The fourth-order valence-corrected chi connectivity index (χ4v) is 4.72. The number of carbonyl (C=O) groups excluding carboxylic acids is 3. The van der Waals surface area contributed by atoms with Gasteiger partial charge in [0.1, 0.15) is 17.6 Å². The van der Waals surface area contributed by atoms with Gasteiger partial charge in [-0.2, -0.15) is 0 Å². The van der Waals surface area contributed by atoms with Gasteiger partial charge in [-0.1, -0.05) is 69.7 Å². The van der Waals surface area contributed by atoms with Gasteiger partial charge in [0, 0.05) is 32.3 Å². The number of nitrogens with one attached hydrogen (secondary N) is 1. The highest BCUT2D eigenvalue weighted by atomic mass is 16.5. The number of aromatic hydroxyl groups is 1. The highest BCUT2D eigenvalue weighted by molar-refractivity contribution is 5.92. The Hall–Kier alpha value is -3.24. The van der Waals surface area contributed by atoms with E-state index in [4.69, 9.17) is 4.74 Å². The van der Waals surface area contributed by atoms with Crippen LogP contribution in [0.25, 0.3) is 0 Å². The number of unbranched alkanes of at least 4 members (excludes halogenated alkanes) is 8. The maximum atomic E-state index is 13.3. The number of rotatable bonds is 23. The van der Waals surface area contributed by atoms with E-state index >= 15 is 0 Å². The molecule has 0 aliphatic heterocycles. The fraction of sp³-hybridized carbons (Fsp3) is 0.625. The number of phenolic OH excluding ortho intramolecular Hbond substituents is 1. The molecule has 3 atom stereocenters. The number of allylic oxidation sites excluding steroid dienone is 1. The first-order valence-corrected chi connectivity index (χ1v) is 15.0. The number of aliphatic hydroxyl groups is 2. The molecule has 236 valence electrons. The molecule has 1 aromatic rings. The Morgan fingerprint density at radius 2 is 1.55 bits per heavy atom. The molecule has 10 nitrogen and oxygen atoms in total. The lowest BCUT2D eigenvalue weighted by atomic mass is 9.83. The second-order valence-corrected chi connectivity index (χ2v) is 10.7. The second-order valence-electron chi connectivity index (χ2n) is 10.7. The van der Waals surface area contributed by atoms with Gasteiger partial charge in [-0.3, -0.25) is 9.59 Å². The topological polar surface area (TPSA) is 170 Å². The van der Waals surface area contributed by atoms with Crippen LogP contribution in [0, 0.1) is 5.92 Å². The number of benzene rings is 1. The number of phenols is 1. The van der Waals surface area contributed by atoms with Crippen LogP contribution < -0.4 is 5.32 Å². The first-order valence-electron chi connectivity index (χ1n) is 15.0. The van der Waals surface area contributed by atoms with E-state index in [1.54, 1.807) is 18.2 Å². The summed E-state index contributed by atoms with van der Waals surface area (Å²) in [5.74, 6) is -4.62. The number of hydrogen-bond donors (Lipinski definition) is 5. The van der Waals surface area contributed by atoms with E-state index in [1.165, 1.54) is 37.5 Å². The summed E-state index contributed by atoms with van der Waals surface area (Å²) in [6.07, 6.45) is 12.9. The molecule has 42 heavy (non-hydrogen) atoms. The van der Waals surface area contributed by atoms with Crippen LogP contribution in [0.5, 0.6) is 5.75 Å². The molecule has 0 saturated carbocycles. The number of Topliss-reactive ketones (excluding diaryl/α,β-unsaturated/α-hetero) is 1. The number of carbonyl (C=O) groups is 4. The average Bonchev–Trinajstić information content (AvgIpc) is 2.96. The van der Waals surface area contributed by atoms with Gasteiger partial charge < -0.3 is 30.5 Å². The summed E-state index contributed by atoms with van der Waals surface area (Å²) in [6.45, 7) is 1.49. The molecule has 0 aliphatic carbocycles. The van der Waals surface area contributed by atoms with Crippen molar-refractivity contribution in [3.8, 4) is 5.75 Å².